The summed E-state index contributed by atoms with van der Waals surface area (Å²) in [6.45, 7) is 4.72. The van der Waals surface area contributed by atoms with Gasteiger partial charge in [0.05, 0.1) is 4.90 Å². The van der Waals surface area contributed by atoms with E-state index >= 15 is 0 Å². The van der Waals surface area contributed by atoms with Crippen molar-refractivity contribution >= 4 is 21.4 Å². The normalized spacial score (nSPS) is 12.2. The number of nitrogens with two attached hydrogens (primary N) is 1. The molecule has 2 heterocycles. The fourth-order valence-electron chi connectivity index (χ4n) is 2.13. The number of hydrogen-bond acceptors (Lipinski definition) is 4. The van der Waals surface area contributed by atoms with Gasteiger partial charge in [-0.15, -0.1) is 11.3 Å². The van der Waals surface area contributed by atoms with Crippen molar-refractivity contribution in [2.75, 3.05) is 6.54 Å². The molecule has 21 heavy (non-hydrogen) atoms. The molecule has 0 radical (unpaired) electrons. The molecule has 0 unspecified atom stereocenters. The number of thiophene rings is 1. The summed E-state index contributed by atoms with van der Waals surface area (Å²) in [4.78, 5) is 1.45. The van der Waals surface area contributed by atoms with Crippen LogP contribution in [0.1, 0.15) is 30.5 Å². The van der Waals surface area contributed by atoms with Crippen LogP contribution in [0.15, 0.2) is 34.7 Å². The molecule has 2 aromatic heterocycles. The Balaban J connectivity index is 2.08. The standard InChI is InChI=1S/C14H21N3O2S2/c1-11(2)17-10-14(8-12(17)9-15)21(18,19)16-6-5-13-4-3-7-20-13/h3-4,7-8,10-11,16H,5-6,9,15H2,1-2H3. The topological polar surface area (TPSA) is 77.1 Å². The number of aromatic nitrogens is 1. The van der Waals surface area contributed by atoms with E-state index in [1.165, 1.54) is 4.88 Å². The Morgan fingerprint density at radius 2 is 2.19 bits per heavy atom. The van der Waals surface area contributed by atoms with E-state index in [2.05, 4.69) is 4.72 Å². The number of sulfonamides is 1. The van der Waals surface area contributed by atoms with Crippen LogP contribution in [0.2, 0.25) is 0 Å². The minimum absolute atomic E-state index is 0.179. The average Bonchev–Trinajstić information content (AvgIpc) is 3.07. The molecule has 0 saturated carbocycles. The van der Waals surface area contributed by atoms with E-state index in [-0.39, 0.29) is 10.9 Å². The summed E-state index contributed by atoms with van der Waals surface area (Å²) in [5.74, 6) is 0. The number of hydrogen-bond donors (Lipinski definition) is 2. The summed E-state index contributed by atoms with van der Waals surface area (Å²) in [7, 11) is -3.48. The predicted molar refractivity (Wildman–Crippen MR) is 85.9 cm³/mol. The van der Waals surface area contributed by atoms with Gasteiger partial charge in [0, 0.05) is 35.9 Å². The first-order chi connectivity index (χ1) is 9.94. The highest BCUT2D eigenvalue weighted by atomic mass is 32.2. The van der Waals surface area contributed by atoms with Crippen LogP contribution < -0.4 is 10.5 Å². The second-order valence-corrected chi connectivity index (χ2v) is 7.90. The van der Waals surface area contributed by atoms with E-state index < -0.39 is 10.0 Å². The third-order valence-corrected chi connectivity index (χ3v) is 5.59. The molecule has 2 rings (SSSR count). The summed E-state index contributed by atoms with van der Waals surface area (Å²) < 4.78 is 29.1. The zero-order chi connectivity index (χ0) is 15.5. The molecule has 0 spiro atoms. The molecular weight excluding hydrogens is 306 g/mol. The zero-order valence-corrected chi connectivity index (χ0v) is 13.9. The zero-order valence-electron chi connectivity index (χ0n) is 12.2. The van der Waals surface area contributed by atoms with Crippen LogP contribution in [0.3, 0.4) is 0 Å². The van der Waals surface area contributed by atoms with E-state index in [9.17, 15) is 8.42 Å². The van der Waals surface area contributed by atoms with Crippen LogP contribution in [0.25, 0.3) is 0 Å². The molecule has 0 fully saturated rings. The minimum atomic E-state index is -3.48. The van der Waals surface area contributed by atoms with Gasteiger partial charge in [-0.1, -0.05) is 6.07 Å². The summed E-state index contributed by atoms with van der Waals surface area (Å²) in [5.41, 5.74) is 6.50. The Morgan fingerprint density at radius 3 is 2.71 bits per heavy atom. The molecule has 0 aliphatic rings. The van der Waals surface area contributed by atoms with Gasteiger partial charge in [0.2, 0.25) is 10.0 Å². The third kappa shape index (κ3) is 3.94. The monoisotopic (exact) mass is 327 g/mol. The highest BCUT2D eigenvalue weighted by Crippen LogP contribution is 2.18. The van der Waals surface area contributed by atoms with Crippen LogP contribution >= 0.6 is 11.3 Å². The smallest absolute Gasteiger partial charge is 0.242 e. The van der Waals surface area contributed by atoms with Crippen molar-refractivity contribution in [2.45, 2.75) is 37.8 Å². The van der Waals surface area contributed by atoms with Gasteiger partial charge in [0.25, 0.3) is 0 Å². The molecule has 0 bridgehead atoms. The highest BCUT2D eigenvalue weighted by Gasteiger charge is 2.18. The molecule has 0 saturated heterocycles. The Morgan fingerprint density at radius 1 is 1.43 bits per heavy atom. The van der Waals surface area contributed by atoms with E-state index in [4.69, 9.17) is 5.73 Å². The van der Waals surface area contributed by atoms with Gasteiger partial charge in [-0.3, -0.25) is 0 Å². The van der Waals surface area contributed by atoms with Gasteiger partial charge in [-0.25, -0.2) is 13.1 Å². The Bertz CT molecular complexity index is 673. The molecule has 0 atom stereocenters. The first-order valence-electron chi connectivity index (χ1n) is 6.87. The lowest BCUT2D eigenvalue weighted by Gasteiger charge is -2.10. The predicted octanol–water partition coefficient (Wildman–Crippen LogP) is 2.11. The molecule has 3 N–H and O–H groups in total. The molecular formula is C14H21N3O2S2. The fraction of sp³-hybridized carbons (Fsp3) is 0.429. The fourth-order valence-corrected chi connectivity index (χ4v) is 3.92. The van der Waals surface area contributed by atoms with Gasteiger partial charge in [0.15, 0.2) is 0 Å². The summed E-state index contributed by atoms with van der Waals surface area (Å²) >= 11 is 1.63. The quantitative estimate of drug-likeness (QED) is 0.817. The summed E-state index contributed by atoms with van der Waals surface area (Å²) in [5, 5.41) is 1.99. The molecule has 116 valence electrons. The second kappa shape index (κ2) is 6.74. The van der Waals surface area contributed by atoms with Crippen LogP contribution in [0.5, 0.6) is 0 Å². The van der Waals surface area contributed by atoms with Crippen molar-refractivity contribution in [2.24, 2.45) is 5.73 Å². The van der Waals surface area contributed by atoms with Gasteiger partial charge in [-0.05, 0) is 37.8 Å². The molecule has 2 aromatic rings. The van der Waals surface area contributed by atoms with Crippen LogP contribution in [-0.4, -0.2) is 19.5 Å². The molecule has 5 nitrogen and oxygen atoms in total. The van der Waals surface area contributed by atoms with Crippen LogP contribution in [-0.2, 0) is 23.0 Å². The van der Waals surface area contributed by atoms with E-state index in [0.29, 0.717) is 19.5 Å². The SMILES string of the molecule is CC(C)n1cc(S(=O)(=O)NCCc2cccs2)cc1CN. The van der Waals surface area contributed by atoms with Gasteiger partial charge >= 0.3 is 0 Å². The maximum absolute atomic E-state index is 12.3. The van der Waals surface area contributed by atoms with E-state index in [0.717, 1.165) is 5.69 Å². The molecule has 0 aromatic carbocycles. The van der Waals surface area contributed by atoms with Crippen molar-refractivity contribution in [1.82, 2.24) is 9.29 Å². The first-order valence-corrected chi connectivity index (χ1v) is 9.23. The summed E-state index contributed by atoms with van der Waals surface area (Å²) in [6.07, 6.45) is 2.35. The molecule has 7 heteroatoms. The Kier molecular flexibility index (Phi) is 5.21. The Labute approximate surface area is 129 Å². The van der Waals surface area contributed by atoms with Gasteiger partial charge < -0.3 is 10.3 Å². The van der Waals surface area contributed by atoms with Crippen molar-refractivity contribution in [3.8, 4) is 0 Å². The van der Waals surface area contributed by atoms with Gasteiger partial charge in [-0.2, -0.15) is 0 Å². The number of nitrogens with one attached hydrogen (secondary N) is 1. The van der Waals surface area contributed by atoms with E-state index in [1.807, 2.05) is 35.9 Å². The number of nitrogens with zero attached hydrogens (tertiary/aromatic N) is 1. The highest BCUT2D eigenvalue weighted by molar-refractivity contribution is 7.89. The molecule has 0 aliphatic carbocycles. The maximum Gasteiger partial charge on any atom is 0.242 e. The largest absolute Gasteiger partial charge is 0.346 e. The van der Waals surface area contributed by atoms with Crippen molar-refractivity contribution < 1.29 is 8.42 Å². The van der Waals surface area contributed by atoms with E-state index in [1.54, 1.807) is 23.6 Å². The first kappa shape index (κ1) is 16.2. The molecule has 0 aliphatic heterocycles. The lowest BCUT2D eigenvalue weighted by atomic mass is 10.3. The van der Waals surface area contributed by atoms with Crippen LogP contribution in [0.4, 0.5) is 0 Å². The maximum atomic E-state index is 12.3. The minimum Gasteiger partial charge on any atom is -0.346 e. The number of rotatable bonds is 7. The molecule has 0 amide bonds. The van der Waals surface area contributed by atoms with Crippen molar-refractivity contribution in [3.05, 3.63) is 40.3 Å². The van der Waals surface area contributed by atoms with Crippen molar-refractivity contribution in [1.29, 1.82) is 0 Å². The van der Waals surface area contributed by atoms with Crippen molar-refractivity contribution in [3.63, 3.8) is 0 Å². The van der Waals surface area contributed by atoms with Gasteiger partial charge in [0.1, 0.15) is 0 Å². The second-order valence-electron chi connectivity index (χ2n) is 5.10. The average molecular weight is 327 g/mol. The Hall–Kier alpha value is -1.15. The lowest BCUT2D eigenvalue weighted by Crippen LogP contribution is -2.25. The third-order valence-electron chi connectivity index (χ3n) is 3.23. The van der Waals surface area contributed by atoms with Crippen LogP contribution in [0, 0.1) is 0 Å². The lowest BCUT2D eigenvalue weighted by molar-refractivity contribution is 0.569. The summed E-state index contributed by atoms with van der Waals surface area (Å²) in [6, 6.07) is 5.79.